The third-order valence-electron chi connectivity index (χ3n) is 5.68. The van der Waals surface area contributed by atoms with Crippen molar-refractivity contribution in [2.75, 3.05) is 13.2 Å². The lowest BCUT2D eigenvalue weighted by atomic mass is 10.0. The molecule has 0 bridgehead atoms. The van der Waals surface area contributed by atoms with Gasteiger partial charge in [-0.25, -0.2) is 0 Å². The van der Waals surface area contributed by atoms with Crippen molar-refractivity contribution < 1.29 is 18.6 Å². The topological polar surface area (TPSA) is 81.1 Å². The van der Waals surface area contributed by atoms with Crippen molar-refractivity contribution in [3.05, 3.63) is 71.8 Å². The highest BCUT2D eigenvalue weighted by Gasteiger charge is 2.39. The van der Waals surface area contributed by atoms with Gasteiger partial charge in [0, 0.05) is 25.2 Å². The Morgan fingerprint density at radius 3 is 1.27 bits per heavy atom. The standard InChI is InChI=1S/C26H40N2O4S/c1-21(2)15-25(19-29)27(17-23-11-7-5-8-12-23)33(31,32)28(26(20-30)16-22(3)4)18-24-13-9-6-10-14-24/h5-14,21-22,25-26,29-30H,15-20H2,1-4H3/t25-,26-/m0/s1. The Kier molecular flexibility index (Phi) is 11.0. The summed E-state index contributed by atoms with van der Waals surface area (Å²) in [4.78, 5) is 0. The molecule has 0 saturated carbocycles. The van der Waals surface area contributed by atoms with Crippen LogP contribution in [0.5, 0.6) is 0 Å². The van der Waals surface area contributed by atoms with E-state index in [0.29, 0.717) is 12.8 Å². The van der Waals surface area contributed by atoms with E-state index in [1.165, 1.54) is 8.61 Å². The molecule has 7 heteroatoms. The molecule has 0 saturated heterocycles. The molecule has 2 aromatic rings. The van der Waals surface area contributed by atoms with Crippen LogP contribution in [0, 0.1) is 11.8 Å². The molecule has 0 spiro atoms. The lowest BCUT2D eigenvalue weighted by molar-refractivity contribution is 0.131. The van der Waals surface area contributed by atoms with Gasteiger partial charge in [0.15, 0.2) is 0 Å². The van der Waals surface area contributed by atoms with Crippen LogP contribution >= 0.6 is 0 Å². The van der Waals surface area contributed by atoms with Gasteiger partial charge in [0.1, 0.15) is 0 Å². The van der Waals surface area contributed by atoms with E-state index in [1.807, 2.05) is 88.4 Å². The van der Waals surface area contributed by atoms with Crippen LogP contribution in [0.1, 0.15) is 51.7 Å². The third-order valence-corrected chi connectivity index (χ3v) is 7.72. The Morgan fingerprint density at radius 1 is 0.667 bits per heavy atom. The molecule has 0 aliphatic carbocycles. The fraction of sp³-hybridized carbons (Fsp3) is 0.538. The fourth-order valence-corrected chi connectivity index (χ4v) is 6.07. The van der Waals surface area contributed by atoms with E-state index >= 15 is 0 Å². The van der Waals surface area contributed by atoms with Crippen molar-refractivity contribution in [1.29, 1.82) is 0 Å². The summed E-state index contributed by atoms with van der Waals surface area (Å²) in [6, 6.07) is 17.8. The number of aliphatic hydroxyl groups is 2. The van der Waals surface area contributed by atoms with Gasteiger partial charge in [0.2, 0.25) is 0 Å². The summed E-state index contributed by atoms with van der Waals surface area (Å²) in [5.41, 5.74) is 1.71. The van der Waals surface area contributed by atoms with Crippen LogP contribution in [-0.2, 0) is 23.3 Å². The number of benzene rings is 2. The van der Waals surface area contributed by atoms with Gasteiger partial charge in [0.25, 0.3) is 10.2 Å². The summed E-state index contributed by atoms with van der Waals surface area (Å²) in [5.74, 6) is 0.421. The van der Waals surface area contributed by atoms with E-state index in [0.717, 1.165) is 11.1 Å². The molecule has 0 fully saturated rings. The normalized spacial score (nSPS) is 14.4. The number of nitrogens with zero attached hydrogens (tertiary/aromatic N) is 2. The van der Waals surface area contributed by atoms with E-state index in [2.05, 4.69) is 0 Å². The minimum Gasteiger partial charge on any atom is -0.395 e. The number of aliphatic hydroxyl groups excluding tert-OH is 2. The average molecular weight is 477 g/mol. The molecule has 2 N–H and O–H groups in total. The number of rotatable bonds is 14. The molecule has 2 aromatic carbocycles. The van der Waals surface area contributed by atoms with Crippen molar-refractivity contribution >= 4 is 10.2 Å². The first kappa shape index (κ1) is 27.5. The summed E-state index contributed by atoms with van der Waals surface area (Å²) >= 11 is 0. The van der Waals surface area contributed by atoms with Crippen LogP contribution in [0.25, 0.3) is 0 Å². The maximum atomic E-state index is 14.2. The molecule has 0 aliphatic heterocycles. The highest BCUT2D eigenvalue weighted by molar-refractivity contribution is 7.86. The molecule has 2 rings (SSSR count). The molecule has 0 aliphatic rings. The van der Waals surface area contributed by atoms with Gasteiger partial charge < -0.3 is 10.2 Å². The molecule has 0 unspecified atom stereocenters. The number of hydrogen-bond donors (Lipinski definition) is 2. The summed E-state index contributed by atoms with van der Waals surface area (Å²) in [6.07, 6.45) is 1.07. The first-order valence-corrected chi connectivity index (χ1v) is 13.2. The van der Waals surface area contributed by atoms with Crippen LogP contribution in [0.15, 0.2) is 60.7 Å². The maximum Gasteiger partial charge on any atom is 0.283 e. The van der Waals surface area contributed by atoms with Crippen molar-refractivity contribution in [1.82, 2.24) is 8.61 Å². The summed E-state index contributed by atoms with van der Waals surface area (Å²) in [6.45, 7) is 7.87. The van der Waals surface area contributed by atoms with Gasteiger partial charge in [0.05, 0.1) is 13.2 Å². The molecule has 0 heterocycles. The first-order valence-electron chi connectivity index (χ1n) is 11.8. The van der Waals surface area contributed by atoms with E-state index in [1.54, 1.807) is 0 Å². The molecule has 0 aromatic heterocycles. The Bertz CT molecular complexity index is 835. The molecular weight excluding hydrogens is 436 g/mol. The average Bonchev–Trinajstić information content (AvgIpc) is 2.79. The van der Waals surface area contributed by atoms with Crippen LogP contribution in [-0.4, -0.2) is 52.5 Å². The first-order chi connectivity index (χ1) is 15.7. The molecule has 33 heavy (non-hydrogen) atoms. The second-order valence-corrected chi connectivity index (χ2v) is 11.3. The predicted molar refractivity (Wildman–Crippen MR) is 134 cm³/mol. The van der Waals surface area contributed by atoms with Crippen LogP contribution in [0.3, 0.4) is 0 Å². The summed E-state index contributed by atoms with van der Waals surface area (Å²) in [5, 5.41) is 20.5. The largest absolute Gasteiger partial charge is 0.395 e. The smallest absolute Gasteiger partial charge is 0.283 e. The molecule has 2 atom stereocenters. The summed E-state index contributed by atoms with van der Waals surface area (Å²) < 4.78 is 31.3. The third kappa shape index (κ3) is 8.19. The SMILES string of the molecule is CC(C)C[C@@H](CO)N(Cc1ccccc1)S(=O)(=O)N(Cc1ccccc1)[C@H](CO)CC(C)C. The highest BCUT2D eigenvalue weighted by atomic mass is 32.2. The van der Waals surface area contributed by atoms with Crippen molar-refractivity contribution in [2.45, 2.75) is 65.7 Å². The highest BCUT2D eigenvalue weighted by Crippen LogP contribution is 2.26. The van der Waals surface area contributed by atoms with E-state index in [4.69, 9.17) is 0 Å². The molecular formula is C26H40N2O4S. The van der Waals surface area contributed by atoms with Crippen molar-refractivity contribution in [3.63, 3.8) is 0 Å². The molecule has 0 amide bonds. The second-order valence-electron chi connectivity index (χ2n) is 9.50. The van der Waals surface area contributed by atoms with Crippen LogP contribution in [0.2, 0.25) is 0 Å². The Morgan fingerprint density at radius 2 is 1.00 bits per heavy atom. The van der Waals surface area contributed by atoms with Gasteiger partial charge in [-0.15, -0.1) is 0 Å². The van der Waals surface area contributed by atoms with Crippen LogP contribution in [0.4, 0.5) is 0 Å². The lowest BCUT2D eigenvalue weighted by Gasteiger charge is -2.38. The fourth-order valence-electron chi connectivity index (χ4n) is 4.11. The van der Waals surface area contributed by atoms with E-state index in [-0.39, 0.29) is 38.1 Å². The molecule has 6 nitrogen and oxygen atoms in total. The van der Waals surface area contributed by atoms with Gasteiger partial charge in [-0.2, -0.15) is 17.0 Å². The minimum absolute atomic E-state index is 0.159. The van der Waals surface area contributed by atoms with Gasteiger partial charge in [-0.1, -0.05) is 88.4 Å². The predicted octanol–water partition coefficient (Wildman–Crippen LogP) is 4.05. The zero-order chi connectivity index (χ0) is 24.4. The maximum absolute atomic E-state index is 14.2. The summed E-state index contributed by atoms with van der Waals surface area (Å²) in [7, 11) is -4.03. The van der Waals surface area contributed by atoms with Gasteiger partial charge in [-0.05, 0) is 35.8 Å². The minimum atomic E-state index is -4.03. The zero-order valence-corrected chi connectivity index (χ0v) is 21.2. The lowest BCUT2D eigenvalue weighted by Crippen LogP contribution is -2.53. The zero-order valence-electron chi connectivity index (χ0n) is 20.3. The Hall–Kier alpha value is -1.77. The van der Waals surface area contributed by atoms with Crippen molar-refractivity contribution in [2.24, 2.45) is 11.8 Å². The van der Waals surface area contributed by atoms with E-state index < -0.39 is 22.3 Å². The van der Waals surface area contributed by atoms with Gasteiger partial charge in [-0.3, -0.25) is 0 Å². The Balaban J connectivity index is 2.54. The Labute approximate surface area is 200 Å². The van der Waals surface area contributed by atoms with E-state index in [9.17, 15) is 18.6 Å². The second kappa shape index (κ2) is 13.2. The number of hydrogen-bond acceptors (Lipinski definition) is 4. The quantitative estimate of drug-likeness (QED) is 0.431. The monoisotopic (exact) mass is 476 g/mol. The van der Waals surface area contributed by atoms with Crippen molar-refractivity contribution in [3.8, 4) is 0 Å². The molecule has 184 valence electrons. The molecule has 0 radical (unpaired) electrons. The van der Waals surface area contributed by atoms with Gasteiger partial charge >= 0.3 is 0 Å². The van der Waals surface area contributed by atoms with Crippen LogP contribution < -0.4 is 0 Å².